The number of halogens is 1. The molecule has 2 rings (SSSR count). The third-order valence-electron chi connectivity index (χ3n) is 1.71. The van der Waals surface area contributed by atoms with Crippen molar-refractivity contribution in [3.8, 4) is 0 Å². The van der Waals surface area contributed by atoms with E-state index in [1.807, 2.05) is 18.2 Å². The largest absolute Gasteiger partial charge is 0.286 e. The minimum Gasteiger partial charge on any atom is -0.286 e. The molecule has 0 aliphatic carbocycles. The van der Waals surface area contributed by atoms with Crippen LogP contribution in [0.2, 0.25) is 0 Å². The zero-order valence-corrected chi connectivity index (χ0v) is 9.51. The van der Waals surface area contributed by atoms with E-state index in [9.17, 15) is 4.79 Å². The van der Waals surface area contributed by atoms with E-state index in [-0.39, 0.29) is 5.78 Å². The quantitative estimate of drug-likeness (QED) is 0.783. The summed E-state index contributed by atoms with van der Waals surface area (Å²) in [4.78, 5) is 15.9. The van der Waals surface area contributed by atoms with E-state index in [4.69, 9.17) is 0 Å². The Morgan fingerprint density at radius 2 is 2.00 bits per heavy atom. The molecule has 0 N–H and O–H groups in total. The van der Waals surface area contributed by atoms with Crippen LogP contribution in [0, 0.1) is 0 Å². The molecule has 2 aromatic rings. The summed E-state index contributed by atoms with van der Waals surface area (Å²) >= 11 is 4.57. The van der Waals surface area contributed by atoms with Gasteiger partial charge in [-0.2, -0.15) is 0 Å². The number of thiazole rings is 1. The molecule has 0 amide bonds. The normalized spacial score (nSPS) is 10.1. The highest BCUT2D eigenvalue weighted by molar-refractivity contribution is 9.10. The molecule has 0 aliphatic rings. The van der Waals surface area contributed by atoms with Crippen molar-refractivity contribution in [2.24, 2.45) is 0 Å². The van der Waals surface area contributed by atoms with Gasteiger partial charge in [-0.15, -0.1) is 11.3 Å². The molecule has 0 saturated carbocycles. The Labute approximate surface area is 93.7 Å². The molecule has 1 heterocycles. The summed E-state index contributed by atoms with van der Waals surface area (Å²) in [6.07, 6.45) is 0. The Morgan fingerprint density at radius 3 is 2.57 bits per heavy atom. The minimum atomic E-state index is -0.0266. The Hall–Kier alpha value is -1.00. The third-order valence-corrected chi connectivity index (χ3v) is 3.26. The topological polar surface area (TPSA) is 30.0 Å². The maximum atomic E-state index is 11.8. The summed E-state index contributed by atoms with van der Waals surface area (Å²) in [5.41, 5.74) is 0.675. The third kappa shape index (κ3) is 1.91. The van der Waals surface area contributed by atoms with Crippen molar-refractivity contribution in [1.29, 1.82) is 0 Å². The van der Waals surface area contributed by atoms with Crippen molar-refractivity contribution in [2.45, 2.75) is 0 Å². The fourth-order valence-corrected chi connectivity index (χ4v) is 2.28. The van der Waals surface area contributed by atoms with Crippen LogP contribution in [0.15, 0.2) is 40.3 Å². The second-order valence-corrected chi connectivity index (χ2v) is 4.34. The number of aromatic nitrogens is 1. The number of carbonyl (C=O) groups excluding carboxylic acids is 1. The fraction of sp³-hybridized carbons (Fsp3) is 0. The number of nitrogens with zero attached hydrogens (tertiary/aromatic N) is 1. The molecule has 1 aromatic heterocycles. The van der Waals surface area contributed by atoms with Gasteiger partial charge in [0.2, 0.25) is 5.78 Å². The molecule has 0 atom stereocenters. The van der Waals surface area contributed by atoms with Gasteiger partial charge >= 0.3 is 0 Å². The molecule has 14 heavy (non-hydrogen) atoms. The predicted molar refractivity (Wildman–Crippen MR) is 59.7 cm³/mol. The van der Waals surface area contributed by atoms with E-state index < -0.39 is 0 Å². The van der Waals surface area contributed by atoms with Crippen LogP contribution in [0.1, 0.15) is 15.4 Å². The summed E-state index contributed by atoms with van der Waals surface area (Å²) in [6.45, 7) is 0. The van der Waals surface area contributed by atoms with Crippen molar-refractivity contribution in [3.63, 3.8) is 0 Å². The highest BCUT2D eigenvalue weighted by Gasteiger charge is 2.11. The van der Waals surface area contributed by atoms with E-state index in [1.165, 1.54) is 11.3 Å². The van der Waals surface area contributed by atoms with Gasteiger partial charge in [-0.1, -0.05) is 30.3 Å². The Bertz CT molecular complexity index is 452. The van der Waals surface area contributed by atoms with Crippen LogP contribution in [0.4, 0.5) is 0 Å². The zero-order chi connectivity index (χ0) is 9.97. The number of ketones is 1. The maximum Gasteiger partial charge on any atom is 0.221 e. The fourth-order valence-electron chi connectivity index (χ4n) is 1.07. The van der Waals surface area contributed by atoms with E-state index in [0.717, 1.165) is 0 Å². The van der Waals surface area contributed by atoms with Gasteiger partial charge in [-0.3, -0.25) is 4.79 Å². The highest BCUT2D eigenvalue weighted by Crippen LogP contribution is 2.17. The number of rotatable bonds is 2. The molecule has 0 unspecified atom stereocenters. The van der Waals surface area contributed by atoms with Gasteiger partial charge in [-0.25, -0.2) is 4.98 Å². The Morgan fingerprint density at radius 1 is 1.29 bits per heavy atom. The number of benzene rings is 1. The van der Waals surface area contributed by atoms with E-state index in [1.54, 1.807) is 17.5 Å². The van der Waals surface area contributed by atoms with E-state index in [2.05, 4.69) is 20.9 Å². The summed E-state index contributed by atoms with van der Waals surface area (Å²) < 4.78 is 0.710. The van der Waals surface area contributed by atoms with E-state index >= 15 is 0 Å². The molecule has 0 radical (unpaired) electrons. The molecule has 2 nitrogen and oxygen atoms in total. The summed E-state index contributed by atoms with van der Waals surface area (Å²) in [5.74, 6) is -0.0266. The van der Waals surface area contributed by atoms with Crippen LogP contribution in [-0.4, -0.2) is 10.8 Å². The number of hydrogen-bond acceptors (Lipinski definition) is 3. The lowest BCUT2D eigenvalue weighted by molar-refractivity contribution is 0.103. The maximum absolute atomic E-state index is 11.8. The Balaban J connectivity index is 2.34. The molecule has 0 fully saturated rings. The predicted octanol–water partition coefficient (Wildman–Crippen LogP) is 3.14. The van der Waals surface area contributed by atoms with Crippen LogP contribution in [0.25, 0.3) is 0 Å². The molecule has 0 spiro atoms. The molecule has 1 aromatic carbocycles. The van der Waals surface area contributed by atoms with Crippen LogP contribution in [0.5, 0.6) is 0 Å². The molecule has 0 aliphatic heterocycles. The monoisotopic (exact) mass is 267 g/mol. The zero-order valence-electron chi connectivity index (χ0n) is 7.11. The van der Waals surface area contributed by atoms with Crippen molar-refractivity contribution >= 4 is 33.0 Å². The first-order chi connectivity index (χ1) is 6.77. The average molecular weight is 268 g/mol. The second kappa shape index (κ2) is 4.02. The lowest BCUT2D eigenvalue weighted by atomic mass is 10.1. The lowest BCUT2D eigenvalue weighted by Gasteiger charge is -1.94. The molecule has 70 valence electrons. The standard InChI is InChI=1S/C10H6BrNOS/c11-8-6-14-10(12-8)9(13)7-4-2-1-3-5-7/h1-6H. The molecular formula is C10H6BrNOS. The van der Waals surface area contributed by atoms with E-state index in [0.29, 0.717) is 15.2 Å². The number of carbonyl (C=O) groups is 1. The molecule has 0 saturated heterocycles. The van der Waals surface area contributed by atoms with Gasteiger partial charge in [-0.05, 0) is 15.9 Å². The minimum absolute atomic E-state index is 0.0266. The van der Waals surface area contributed by atoms with Gasteiger partial charge in [0.15, 0.2) is 5.01 Å². The molecular weight excluding hydrogens is 262 g/mol. The molecule has 4 heteroatoms. The first-order valence-electron chi connectivity index (χ1n) is 3.98. The molecule has 0 bridgehead atoms. The van der Waals surface area contributed by atoms with Crippen LogP contribution >= 0.6 is 27.3 Å². The summed E-state index contributed by atoms with van der Waals surface area (Å²) in [5, 5.41) is 2.32. The summed E-state index contributed by atoms with van der Waals surface area (Å²) in [7, 11) is 0. The average Bonchev–Trinajstić information content (AvgIpc) is 2.65. The van der Waals surface area contributed by atoms with Crippen molar-refractivity contribution in [3.05, 3.63) is 50.9 Å². The van der Waals surface area contributed by atoms with Crippen molar-refractivity contribution in [2.75, 3.05) is 0 Å². The van der Waals surface area contributed by atoms with Gasteiger partial charge in [0, 0.05) is 10.9 Å². The SMILES string of the molecule is O=C(c1ccccc1)c1nc(Br)cs1. The van der Waals surface area contributed by atoms with Gasteiger partial charge in [0.05, 0.1) is 0 Å². The summed E-state index contributed by atoms with van der Waals surface area (Å²) in [6, 6.07) is 9.15. The first-order valence-corrected chi connectivity index (χ1v) is 5.65. The highest BCUT2D eigenvalue weighted by atomic mass is 79.9. The first kappa shape index (κ1) is 9.55. The van der Waals surface area contributed by atoms with Gasteiger partial charge < -0.3 is 0 Å². The Kier molecular flexibility index (Phi) is 2.74. The number of hydrogen-bond donors (Lipinski definition) is 0. The van der Waals surface area contributed by atoms with Gasteiger partial charge in [0.1, 0.15) is 4.60 Å². The van der Waals surface area contributed by atoms with Crippen LogP contribution in [0.3, 0.4) is 0 Å². The second-order valence-electron chi connectivity index (χ2n) is 2.67. The van der Waals surface area contributed by atoms with Crippen LogP contribution in [-0.2, 0) is 0 Å². The van der Waals surface area contributed by atoms with Crippen molar-refractivity contribution in [1.82, 2.24) is 4.98 Å². The van der Waals surface area contributed by atoms with Gasteiger partial charge in [0.25, 0.3) is 0 Å². The smallest absolute Gasteiger partial charge is 0.221 e. The van der Waals surface area contributed by atoms with Crippen molar-refractivity contribution < 1.29 is 4.79 Å². The van der Waals surface area contributed by atoms with Crippen LogP contribution < -0.4 is 0 Å². The lowest BCUT2D eigenvalue weighted by Crippen LogP contribution is -1.99.